The number of fused-ring (bicyclic) bond motifs is 1. The van der Waals surface area contributed by atoms with Crippen LogP contribution in [0.15, 0.2) is 39.5 Å². The predicted octanol–water partition coefficient (Wildman–Crippen LogP) is -0.236. The summed E-state index contributed by atoms with van der Waals surface area (Å²) in [6, 6.07) is 6.15. The summed E-state index contributed by atoms with van der Waals surface area (Å²) in [4.78, 5) is 12.7. The van der Waals surface area contributed by atoms with E-state index in [1.165, 1.54) is 31.4 Å². The maximum atomic E-state index is 12.7. The smallest absolute Gasteiger partial charge is 0.238 e. The summed E-state index contributed by atoms with van der Waals surface area (Å²) in [6.07, 6.45) is -7.74. The minimum atomic E-state index is -1.71. The molecule has 1 aliphatic heterocycles. The highest BCUT2D eigenvalue weighted by molar-refractivity contribution is 5.88. The van der Waals surface area contributed by atoms with E-state index in [1.807, 2.05) is 0 Å². The topological polar surface area (TPSA) is 200 Å². The van der Waals surface area contributed by atoms with Crippen molar-refractivity contribution >= 4 is 11.0 Å². The zero-order chi connectivity index (χ0) is 24.7. The van der Waals surface area contributed by atoms with Crippen LogP contribution < -0.4 is 14.9 Å². The van der Waals surface area contributed by atoms with Gasteiger partial charge in [-0.05, 0) is 18.2 Å². The minimum Gasteiger partial charge on any atom is -0.507 e. The number of methoxy groups -OCH3 is 1. The van der Waals surface area contributed by atoms with Crippen LogP contribution in [0.1, 0.15) is 0 Å². The molecule has 1 aliphatic rings. The molecule has 0 saturated carbocycles. The SMILES string of the molecule is COc1cc(-c2oc3cc(O[C@H]4O[C@@H](CO)[C@H](O)[C@@H](O)[C@@H]4O)cc(O)c3c(=O)c2O)ccc1O. The van der Waals surface area contributed by atoms with Crippen molar-refractivity contribution in [2.45, 2.75) is 30.7 Å². The highest BCUT2D eigenvalue weighted by Crippen LogP contribution is 2.38. The number of aliphatic hydroxyl groups is 4. The van der Waals surface area contributed by atoms with Crippen molar-refractivity contribution in [1.82, 2.24) is 0 Å². The van der Waals surface area contributed by atoms with Crippen LogP contribution >= 0.6 is 0 Å². The van der Waals surface area contributed by atoms with Crippen molar-refractivity contribution in [3.63, 3.8) is 0 Å². The maximum Gasteiger partial charge on any atom is 0.238 e. The third kappa shape index (κ3) is 3.97. The summed E-state index contributed by atoms with van der Waals surface area (Å²) in [7, 11) is 1.32. The molecule has 5 atom stereocenters. The monoisotopic (exact) mass is 478 g/mol. The average Bonchev–Trinajstić information content (AvgIpc) is 2.81. The third-order valence-corrected chi connectivity index (χ3v) is 5.47. The van der Waals surface area contributed by atoms with E-state index >= 15 is 0 Å². The number of aromatic hydroxyl groups is 3. The number of phenolic OH excluding ortho intramolecular Hbond substituents is 2. The first-order valence-corrected chi connectivity index (χ1v) is 10.0. The molecule has 0 bridgehead atoms. The van der Waals surface area contributed by atoms with Crippen LogP contribution in [0.3, 0.4) is 0 Å². The Kier molecular flexibility index (Phi) is 6.25. The van der Waals surface area contributed by atoms with Crippen LogP contribution in [0.5, 0.6) is 28.7 Å². The molecule has 4 rings (SSSR count). The summed E-state index contributed by atoms with van der Waals surface area (Å²) in [5, 5.41) is 69.5. The van der Waals surface area contributed by atoms with Gasteiger partial charge < -0.3 is 54.4 Å². The Morgan fingerprint density at radius 2 is 1.71 bits per heavy atom. The molecule has 0 spiro atoms. The molecular formula is C22H22O12. The molecular weight excluding hydrogens is 456 g/mol. The molecule has 7 N–H and O–H groups in total. The largest absolute Gasteiger partial charge is 0.507 e. The van der Waals surface area contributed by atoms with E-state index in [-0.39, 0.29) is 39.5 Å². The summed E-state index contributed by atoms with van der Waals surface area (Å²) in [5.41, 5.74) is -0.962. The normalized spacial score (nSPS) is 24.8. The van der Waals surface area contributed by atoms with Gasteiger partial charge in [0, 0.05) is 17.7 Å². The Balaban J connectivity index is 1.77. The average molecular weight is 478 g/mol. The summed E-state index contributed by atoms with van der Waals surface area (Å²) in [6.45, 7) is -0.665. The van der Waals surface area contributed by atoms with Crippen molar-refractivity contribution in [2.75, 3.05) is 13.7 Å². The molecule has 2 heterocycles. The zero-order valence-electron chi connectivity index (χ0n) is 17.7. The number of benzene rings is 2. The second kappa shape index (κ2) is 9.00. The molecule has 0 aliphatic carbocycles. The Bertz CT molecular complexity index is 1270. The maximum absolute atomic E-state index is 12.7. The van der Waals surface area contributed by atoms with Crippen molar-refractivity contribution in [3.05, 3.63) is 40.6 Å². The number of rotatable bonds is 5. The molecule has 182 valence electrons. The molecule has 12 nitrogen and oxygen atoms in total. The van der Waals surface area contributed by atoms with E-state index in [2.05, 4.69) is 0 Å². The van der Waals surface area contributed by atoms with E-state index in [0.717, 1.165) is 6.07 Å². The fourth-order valence-corrected chi connectivity index (χ4v) is 3.65. The fourth-order valence-electron chi connectivity index (χ4n) is 3.65. The predicted molar refractivity (Wildman–Crippen MR) is 114 cm³/mol. The number of phenols is 2. The molecule has 1 aromatic heterocycles. The summed E-state index contributed by atoms with van der Waals surface area (Å²) < 4.78 is 21.4. The van der Waals surface area contributed by atoms with Gasteiger partial charge in [0.25, 0.3) is 0 Å². The van der Waals surface area contributed by atoms with Crippen LogP contribution in [0, 0.1) is 0 Å². The highest BCUT2D eigenvalue weighted by Gasteiger charge is 2.44. The summed E-state index contributed by atoms with van der Waals surface area (Å²) >= 11 is 0. The lowest BCUT2D eigenvalue weighted by molar-refractivity contribution is -0.277. The minimum absolute atomic E-state index is 0.0576. The lowest BCUT2D eigenvalue weighted by Gasteiger charge is -2.39. The lowest BCUT2D eigenvalue weighted by atomic mass is 9.99. The van der Waals surface area contributed by atoms with Gasteiger partial charge in [0.1, 0.15) is 46.9 Å². The second-order valence-electron chi connectivity index (χ2n) is 7.63. The Morgan fingerprint density at radius 1 is 0.971 bits per heavy atom. The van der Waals surface area contributed by atoms with Gasteiger partial charge in [0.15, 0.2) is 17.3 Å². The van der Waals surface area contributed by atoms with Crippen LogP contribution in [0.25, 0.3) is 22.3 Å². The Labute approximate surface area is 191 Å². The molecule has 2 aromatic carbocycles. The second-order valence-corrected chi connectivity index (χ2v) is 7.63. The van der Waals surface area contributed by atoms with Crippen molar-refractivity contribution in [2.24, 2.45) is 0 Å². The van der Waals surface area contributed by atoms with Crippen molar-refractivity contribution in [3.8, 4) is 40.1 Å². The first-order valence-electron chi connectivity index (χ1n) is 10.0. The van der Waals surface area contributed by atoms with Crippen molar-refractivity contribution < 1.29 is 54.4 Å². The Hall–Kier alpha value is -3.55. The molecule has 0 amide bonds. The van der Waals surface area contributed by atoms with Gasteiger partial charge in [-0.1, -0.05) is 0 Å². The van der Waals surface area contributed by atoms with Crippen LogP contribution in [0.4, 0.5) is 0 Å². The number of aliphatic hydroxyl groups excluding tert-OH is 4. The number of hydrogen-bond donors (Lipinski definition) is 7. The molecule has 1 saturated heterocycles. The summed E-state index contributed by atoms with van der Waals surface area (Å²) in [5.74, 6) is -1.96. The molecule has 3 aromatic rings. The lowest BCUT2D eigenvalue weighted by Crippen LogP contribution is -2.60. The molecule has 34 heavy (non-hydrogen) atoms. The van der Waals surface area contributed by atoms with Crippen LogP contribution in [0.2, 0.25) is 0 Å². The van der Waals surface area contributed by atoms with Gasteiger partial charge >= 0.3 is 0 Å². The van der Waals surface area contributed by atoms with E-state index < -0.39 is 54.2 Å². The van der Waals surface area contributed by atoms with Gasteiger partial charge in [-0.15, -0.1) is 0 Å². The van der Waals surface area contributed by atoms with E-state index in [9.17, 15) is 40.5 Å². The molecule has 1 fully saturated rings. The van der Waals surface area contributed by atoms with Gasteiger partial charge in [0.2, 0.25) is 17.5 Å². The molecule has 0 radical (unpaired) electrons. The highest BCUT2D eigenvalue weighted by atomic mass is 16.7. The van der Waals surface area contributed by atoms with E-state index in [4.69, 9.17) is 18.6 Å². The quantitative estimate of drug-likeness (QED) is 0.254. The number of ether oxygens (including phenoxy) is 3. The first-order chi connectivity index (χ1) is 16.2. The number of hydrogen-bond acceptors (Lipinski definition) is 12. The fraction of sp³-hybridized carbons (Fsp3) is 0.318. The molecule has 12 heteroatoms. The zero-order valence-corrected chi connectivity index (χ0v) is 17.7. The van der Waals surface area contributed by atoms with Gasteiger partial charge in [-0.3, -0.25) is 4.79 Å². The standard InChI is InChI=1S/C22H22O12/c1-31-12-4-8(2-3-10(12)24)21-19(29)17(27)15-11(25)5-9(6-13(15)33-21)32-22-20(30)18(28)16(26)14(7-23)34-22/h2-6,14,16,18,20,22-26,28-30H,7H2,1H3/t14-,16-,18+,20-,22-/m0/s1. The van der Waals surface area contributed by atoms with E-state index in [1.54, 1.807) is 0 Å². The van der Waals surface area contributed by atoms with Crippen LogP contribution in [-0.2, 0) is 4.74 Å². The van der Waals surface area contributed by atoms with Crippen LogP contribution in [-0.4, -0.2) is 80.2 Å². The van der Waals surface area contributed by atoms with Gasteiger partial charge in [0.05, 0.1) is 13.7 Å². The molecule has 0 unspecified atom stereocenters. The third-order valence-electron chi connectivity index (χ3n) is 5.47. The van der Waals surface area contributed by atoms with Crippen molar-refractivity contribution in [1.29, 1.82) is 0 Å². The van der Waals surface area contributed by atoms with Gasteiger partial charge in [-0.2, -0.15) is 0 Å². The van der Waals surface area contributed by atoms with E-state index in [0.29, 0.717) is 0 Å². The first kappa shape index (κ1) is 23.6. The van der Waals surface area contributed by atoms with Gasteiger partial charge in [-0.25, -0.2) is 0 Å². The Morgan fingerprint density at radius 3 is 2.38 bits per heavy atom.